The number of hydrogen-bond acceptors (Lipinski definition) is 6. The molecule has 0 aliphatic carbocycles. The third-order valence-corrected chi connectivity index (χ3v) is 3.39. The van der Waals surface area contributed by atoms with Gasteiger partial charge in [0.15, 0.2) is 11.2 Å². The van der Waals surface area contributed by atoms with Crippen molar-refractivity contribution in [2.45, 2.75) is 6.92 Å². The summed E-state index contributed by atoms with van der Waals surface area (Å²) >= 11 is 0. The van der Waals surface area contributed by atoms with Gasteiger partial charge in [0.05, 0.1) is 5.56 Å². The molecule has 2 N–H and O–H groups in total. The van der Waals surface area contributed by atoms with Gasteiger partial charge < -0.3 is 13.9 Å². The first-order valence-corrected chi connectivity index (χ1v) is 6.86. The highest BCUT2D eigenvalue weighted by molar-refractivity contribution is 5.92. The molecule has 0 bridgehead atoms. The van der Waals surface area contributed by atoms with Gasteiger partial charge >= 0.3 is 18.0 Å². The number of aromatic carboxylic acids is 1. The molecule has 4 aromatic rings. The van der Waals surface area contributed by atoms with Crippen LogP contribution in [0.1, 0.15) is 15.9 Å². The van der Waals surface area contributed by atoms with E-state index in [-0.39, 0.29) is 17.6 Å². The van der Waals surface area contributed by atoms with Gasteiger partial charge in [0.25, 0.3) is 0 Å². The lowest BCUT2D eigenvalue weighted by molar-refractivity contribution is 0.0697. The molecule has 0 saturated carbocycles. The second kappa shape index (κ2) is 4.84. The molecule has 7 heteroatoms. The number of carboxylic acids is 1. The van der Waals surface area contributed by atoms with Crippen LogP contribution in [0.2, 0.25) is 0 Å². The van der Waals surface area contributed by atoms with Crippen LogP contribution >= 0.6 is 0 Å². The quantitative estimate of drug-likeness (QED) is 0.594. The lowest BCUT2D eigenvalue weighted by Gasteiger charge is -1.92. The number of carbonyl (C=O) groups is 1. The van der Waals surface area contributed by atoms with Crippen molar-refractivity contribution in [1.29, 1.82) is 0 Å². The molecule has 114 valence electrons. The maximum Gasteiger partial charge on any atom is 0.335 e. The number of anilines is 2. The standard InChI is InChI=1S/C16H11N3O4/c1-8-2-4-10-13(6-8)23-15(17-10)19-16-18-11-7-9(14(20)21)3-5-12(11)22-16/h2-7H,1H3,(H,20,21)(H,17,18,19). The van der Waals surface area contributed by atoms with Crippen molar-refractivity contribution in [3.05, 3.63) is 47.5 Å². The van der Waals surface area contributed by atoms with E-state index >= 15 is 0 Å². The highest BCUT2D eigenvalue weighted by Gasteiger charge is 2.12. The fourth-order valence-corrected chi connectivity index (χ4v) is 2.29. The summed E-state index contributed by atoms with van der Waals surface area (Å²) < 4.78 is 11.1. The molecule has 0 amide bonds. The van der Waals surface area contributed by atoms with Gasteiger partial charge in [-0.3, -0.25) is 5.32 Å². The van der Waals surface area contributed by atoms with Gasteiger partial charge in [0.2, 0.25) is 0 Å². The van der Waals surface area contributed by atoms with Gasteiger partial charge in [0, 0.05) is 0 Å². The predicted octanol–water partition coefficient (Wildman–Crippen LogP) is 3.72. The van der Waals surface area contributed by atoms with Gasteiger partial charge in [-0.05, 0) is 42.8 Å². The summed E-state index contributed by atoms with van der Waals surface area (Å²) in [6.07, 6.45) is 0. The Hall–Kier alpha value is -3.35. The Morgan fingerprint density at radius 1 is 1.00 bits per heavy atom. The zero-order chi connectivity index (χ0) is 16.0. The molecule has 0 radical (unpaired) electrons. The van der Waals surface area contributed by atoms with Crippen LogP contribution in [-0.2, 0) is 0 Å². The van der Waals surface area contributed by atoms with Gasteiger partial charge in [-0.1, -0.05) is 6.07 Å². The Bertz CT molecular complexity index is 1050. The predicted molar refractivity (Wildman–Crippen MR) is 83.0 cm³/mol. The molecule has 0 atom stereocenters. The molecule has 2 heterocycles. The Kier molecular flexibility index (Phi) is 2.80. The van der Waals surface area contributed by atoms with E-state index in [2.05, 4.69) is 15.3 Å². The van der Waals surface area contributed by atoms with E-state index in [1.807, 2.05) is 25.1 Å². The van der Waals surface area contributed by atoms with Crippen molar-refractivity contribution in [3.63, 3.8) is 0 Å². The van der Waals surface area contributed by atoms with E-state index < -0.39 is 5.97 Å². The number of benzene rings is 2. The van der Waals surface area contributed by atoms with Gasteiger partial charge in [-0.25, -0.2) is 4.79 Å². The molecular weight excluding hydrogens is 298 g/mol. The van der Waals surface area contributed by atoms with E-state index in [9.17, 15) is 4.79 Å². The number of carboxylic acid groups (broad SMARTS) is 1. The SMILES string of the molecule is Cc1ccc2nc(Nc3nc4cc(C(=O)O)ccc4o3)oc2c1. The zero-order valence-electron chi connectivity index (χ0n) is 12.0. The van der Waals surface area contributed by atoms with Crippen LogP contribution in [0.15, 0.2) is 45.2 Å². The zero-order valence-corrected chi connectivity index (χ0v) is 12.0. The minimum atomic E-state index is -1.02. The lowest BCUT2D eigenvalue weighted by Crippen LogP contribution is -1.94. The number of aryl methyl sites for hydroxylation is 1. The summed E-state index contributed by atoms with van der Waals surface area (Å²) in [6.45, 7) is 1.97. The number of nitrogens with one attached hydrogen (secondary N) is 1. The van der Waals surface area contributed by atoms with E-state index in [1.54, 1.807) is 6.07 Å². The lowest BCUT2D eigenvalue weighted by atomic mass is 10.2. The first-order valence-electron chi connectivity index (χ1n) is 6.86. The minimum absolute atomic E-state index is 0.148. The molecule has 4 rings (SSSR count). The average molecular weight is 309 g/mol. The molecule has 0 aliphatic heterocycles. The Balaban J connectivity index is 1.69. The maximum absolute atomic E-state index is 11.0. The van der Waals surface area contributed by atoms with Crippen LogP contribution in [0.25, 0.3) is 22.2 Å². The normalized spacial score (nSPS) is 11.2. The molecule has 7 nitrogen and oxygen atoms in total. The van der Waals surface area contributed by atoms with Crippen LogP contribution in [0.4, 0.5) is 12.0 Å². The van der Waals surface area contributed by atoms with E-state index in [0.717, 1.165) is 11.1 Å². The summed E-state index contributed by atoms with van der Waals surface area (Å²) in [5.74, 6) is -1.02. The van der Waals surface area contributed by atoms with Gasteiger partial charge in [-0.2, -0.15) is 9.97 Å². The van der Waals surface area contributed by atoms with Crippen molar-refractivity contribution in [2.24, 2.45) is 0 Å². The molecule has 23 heavy (non-hydrogen) atoms. The monoisotopic (exact) mass is 309 g/mol. The smallest absolute Gasteiger partial charge is 0.335 e. The molecule has 0 spiro atoms. The molecule has 0 saturated heterocycles. The molecule has 0 fully saturated rings. The van der Waals surface area contributed by atoms with Crippen molar-refractivity contribution >= 4 is 40.2 Å². The number of oxazole rings is 2. The van der Waals surface area contributed by atoms with Crippen molar-refractivity contribution in [3.8, 4) is 0 Å². The van der Waals surface area contributed by atoms with Crippen molar-refractivity contribution in [1.82, 2.24) is 9.97 Å². The number of hydrogen-bond donors (Lipinski definition) is 2. The number of nitrogens with zero attached hydrogens (tertiary/aromatic N) is 2. The van der Waals surface area contributed by atoms with Crippen LogP contribution < -0.4 is 5.32 Å². The molecule has 0 unspecified atom stereocenters. The fraction of sp³-hybridized carbons (Fsp3) is 0.0625. The Labute approximate surface area is 129 Å². The Morgan fingerprint density at radius 2 is 1.74 bits per heavy atom. The number of rotatable bonds is 3. The second-order valence-electron chi connectivity index (χ2n) is 5.12. The number of fused-ring (bicyclic) bond motifs is 2. The van der Waals surface area contributed by atoms with Crippen molar-refractivity contribution < 1.29 is 18.7 Å². The highest BCUT2D eigenvalue weighted by Crippen LogP contribution is 2.25. The van der Waals surface area contributed by atoms with Crippen LogP contribution in [0, 0.1) is 6.92 Å². The summed E-state index contributed by atoms with van der Waals surface area (Å²) in [5, 5.41) is 11.8. The van der Waals surface area contributed by atoms with Crippen LogP contribution in [0.3, 0.4) is 0 Å². The average Bonchev–Trinajstić information content (AvgIpc) is 3.08. The van der Waals surface area contributed by atoms with Gasteiger partial charge in [0.1, 0.15) is 11.0 Å². The summed E-state index contributed by atoms with van der Waals surface area (Å²) in [7, 11) is 0. The maximum atomic E-state index is 11.0. The Morgan fingerprint density at radius 3 is 2.52 bits per heavy atom. The third-order valence-electron chi connectivity index (χ3n) is 3.39. The van der Waals surface area contributed by atoms with E-state index in [0.29, 0.717) is 16.7 Å². The third kappa shape index (κ3) is 2.38. The first kappa shape index (κ1) is 13.3. The summed E-state index contributed by atoms with van der Waals surface area (Å²) in [6, 6.07) is 10.6. The number of aromatic nitrogens is 2. The summed E-state index contributed by atoms with van der Waals surface area (Å²) in [4.78, 5) is 19.5. The molecular formula is C16H11N3O4. The van der Waals surface area contributed by atoms with E-state index in [1.165, 1.54) is 12.1 Å². The largest absolute Gasteiger partial charge is 0.478 e. The molecule has 2 aromatic carbocycles. The summed E-state index contributed by atoms with van der Waals surface area (Å²) in [5.41, 5.74) is 3.53. The second-order valence-corrected chi connectivity index (χ2v) is 5.12. The first-order chi connectivity index (χ1) is 11.1. The topological polar surface area (TPSA) is 101 Å². The molecule has 2 aromatic heterocycles. The van der Waals surface area contributed by atoms with Gasteiger partial charge in [-0.15, -0.1) is 0 Å². The fourth-order valence-electron chi connectivity index (χ4n) is 2.29. The van der Waals surface area contributed by atoms with Crippen LogP contribution in [0.5, 0.6) is 0 Å². The van der Waals surface area contributed by atoms with Crippen molar-refractivity contribution in [2.75, 3.05) is 5.32 Å². The minimum Gasteiger partial charge on any atom is -0.478 e. The molecule has 0 aliphatic rings. The van der Waals surface area contributed by atoms with Crippen LogP contribution in [-0.4, -0.2) is 21.0 Å². The van der Waals surface area contributed by atoms with E-state index in [4.69, 9.17) is 13.9 Å². The highest BCUT2D eigenvalue weighted by atomic mass is 16.4.